The Labute approximate surface area is 64.6 Å². The SMILES string of the molecule is NNC(=O)C1=CC=C=CC=C1. The van der Waals surface area contributed by atoms with E-state index in [0.717, 1.165) is 0 Å². The zero-order valence-corrected chi connectivity index (χ0v) is 5.87. The number of hydrogen-bond acceptors (Lipinski definition) is 2. The number of nitrogens with two attached hydrogens (primary N) is 1. The smallest absolute Gasteiger partial charge is 0.265 e. The van der Waals surface area contributed by atoms with E-state index in [9.17, 15) is 4.79 Å². The second-order valence-electron chi connectivity index (χ2n) is 1.95. The van der Waals surface area contributed by atoms with Gasteiger partial charge < -0.3 is 0 Å². The van der Waals surface area contributed by atoms with Crippen LogP contribution in [0.1, 0.15) is 0 Å². The molecule has 1 aliphatic carbocycles. The first-order valence-corrected chi connectivity index (χ1v) is 3.15. The van der Waals surface area contributed by atoms with Gasteiger partial charge in [0.25, 0.3) is 5.91 Å². The molecule has 0 fully saturated rings. The average Bonchev–Trinajstić information content (AvgIpc) is 2.30. The maximum atomic E-state index is 10.9. The Morgan fingerprint density at radius 1 is 1.55 bits per heavy atom. The third kappa shape index (κ3) is 1.93. The maximum absolute atomic E-state index is 10.9. The first kappa shape index (κ1) is 7.54. The molecule has 1 rings (SSSR count). The van der Waals surface area contributed by atoms with Crippen molar-refractivity contribution in [1.29, 1.82) is 0 Å². The van der Waals surface area contributed by atoms with Crippen LogP contribution in [0.4, 0.5) is 0 Å². The number of allylic oxidation sites excluding steroid dienone is 3. The molecule has 11 heavy (non-hydrogen) atoms. The van der Waals surface area contributed by atoms with Crippen molar-refractivity contribution in [2.24, 2.45) is 5.84 Å². The van der Waals surface area contributed by atoms with Crippen LogP contribution in [-0.2, 0) is 4.79 Å². The molecule has 0 radical (unpaired) electrons. The quantitative estimate of drug-likeness (QED) is 0.241. The molecular weight excluding hydrogens is 140 g/mol. The van der Waals surface area contributed by atoms with E-state index in [2.05, 4.69) is 5.73 Å². The van der Waals surface area contributed by atoms with E-state index in [4.69, 9.17) is 5.84 Å². The number of amides is 1. The molecule has 0 aliphatic heterocycles. The first-order valence-electron chi connectivity index (χ1n) is 3.15. The van der Waals surface area contributed by atoms with Gasteiger partial charge >= 0.3 is 0 Å². The Morgan fingerprint density at radius 3 is 3.09 bits per heavy atom. The van der Waals surface area contributed by atoms with E-state index in [1.54, 1.807) is 30.4 Å². The minimum atomic E-state index is -0.297. The molecule has 0 heterocycles. The van der Waals surface area contributed by atoms with Crippen molar-refractivity contribution in [1.82, 2.24) is 5.43 Å². The molecule has 0 aromatic rings. The van der Waals surface area contributed by atoms with Crippen molar-refractivity contribution >= 4 is 5.91 Å². The lowest BCUT2D eigenvalue weighted by Gasteiger charge is -1.96. The highest BCUT2D eigenvalue weighted by atomic mass is 16.2. The normalized spacial score (nSPS) is 14.1. The number of carbonyl (C=O) groups excluding carboxylic acids is 1. The van der Waals surface area contributed by atoms with Gasteiger partial charge in [0.15, 0.2) is 0 Å². The number of nitrogens with one attached hydrogen (secondary N) is 1. The van der Waals surface area contributed by atoms with Crippen molar-refractivity contribution < 1.29 is 4.79 Å². The molecule has 1 amide bonds. The summed E-state index contributed by atoms with van der Waals surface area (Å²) in [6, 6.07) is 0. The van der Waals surface area contributed by atoms with E-state index in [0.29, 0.717) is 5.57 Å². The Hall–Kier alpha value is -1.57. The van der Waals surface area contributed by atoms with Crippen LogP contribution in [0.3, 0.4) is 0 Å². The Balaban J connectivity index is 2.83. The fraction of sp³-hybridized carbons (Fsp3) is 0. The lowest BCUT2D eigenvalue weighted by atomic mass is 10.2. The lowest BCUT2D eigenvalue weighted by Crippen LogP contribution is -2.30. The van der Waals surface area contributed by atoms with Crippen LogP contribution in [-0.4, -0.2) is 5.91 Å². The van der Waals surface area contributed by atoms with Crippen molar-refractivity contribution in [3.8, 4) is 0 Å². The van der Waals surface area contributed by atoms with Crippen LogP contribution in [0.2, 0.25) is 0 Å². The summed E-state index contributed by atoms with van der Waals surface area (Å²) in [5.74, 6) is 4.64. The fourth-order valence-corrected chi connectivity index (χ4v) is 0.691. The summed E-state index contributed by atoms with van der Waals surface area (Å²) in [5.41, 5.74) is 5.39. The van der Waals surface area contributed by atoms with Crippen LogP contribution in [0, 0.1) is 0 Å². The second-order valence-corrected chi connectivity index (χ2v) is 1.95. The molecule has 0 spiro atoms. The number of hydrogen-bond donors (Lipinski definition) is 2. The summed E-state index contributed by atoms with van der Waals surface area (Å²) in [5, 5.41) is 0. The largest absolute Gasteiger partial charge is 0.290 e. The van der Waals surface area contributed by atoms with E-state index < -0.39 is 0 Å². The molecule has 0 saturated carbocycles. The van der Waals surface area contributed by atoms with Crippen LogP contribution >= 0.6 is 0 Å². The standard InChI is InChI=1S/C8H8N2O/c9-10-8(11)7-5-3-1-2-4-6-7/h1,3-6H,9H2,(H,10,11). The molecule has 0 unspecified atom stereocenters. The third-order valence-corrected chi connectivity index (χ3v) is 1.22. The van der Waals surface area contributed by atoms with Crippen molar-refractivity contribution in [2.45, 2.75) is 0 Å². The summed E-state index contributed by atoms with van der Waals surface area (Å²) < 4.78 is 0. The highest BCUT2D eigenvalue weighted by Gasteiger charge is 2.01. The van der Waals surface area contributed by atoms with Gasteiger partial charge in [0, 0.05) is 5.57 Å². The summed E-state index contributed by atoms with van der Waals surface area (Å²) in [6.45, 7) is 0. The highest BCUT2D eigenvalue weighted by molar-refractivity contribution is 5.96. The van der Waals surface area contributed by atoms with Gasteiger partial charge in [-0.3, -0.25) is 10.2 Å². The fourth-order valence-electron chi connectivity index (χ4n) is 0.691. The van der Waals surface area contributed by atoms with Gasteiger partial charge in [-0.1, -0.05) is 6.08 Å². The Morgan fingerprint density at radius 2 is 2.36 bits per heavy atom. The molecule has 0 bridgehead atoms. The number of hydrazine groups is 1. The molecule has 56 valence electrons. The van der Waals surface area contributed by atoms with E-state index in [1.807, 2.05) is 5.43 Å². The van der Waals surface area contributed by atoms with Gasteiger partial charge in [0.05, 0.1) is 0 Å². The van der Waals surface area contributed by atoms with Gasteiger partial charge in [-0.2, -0.15) is 0 Å². The third-order valence-electron chi connectivity index (χ3n) is 1.22. The maximum Gasteiger partial charge on any atom is 0.265 e. The molecule has 0 aromatic heterocycles. The van der Waals surface area contributed by atoms with Gasteiger partial charge in [-0.25, -0.2) is 5.84 Å². The number of rotatable bonds is 1. The van der Waals surface area contributed by atoms with Crippen LogP contribution in [0.5, 0.6) is 0 Å². The topological polar surface area (TPSA) is 55.1 Å². The van der Waals surface area contributed by atoms with Gasteiger partial charge in [0.2, 0.25) is 0 Å². The average molecular weight is 148 g/mol. The van der Waals surface area contributed by atoms with Crippen LogP contribution in [0.15, 0.2) is 41.7 Å². The summed E-state index contributed by atoms with van der Waals surface area (Å²) in [6.07, 6.45) is 8.41. The van der Waals surface area contributed by atoms with E-state index >= 15 is 0 Å². The predicted octanol–water partition coefficient (Wildman–Crippen LogP) is 0.184. The minimum Gasteiger partial charge on any atom is -0.290 e. The molecule has 0 atom stereocenters. The zero-order valence-electron chi connectivity index (χ0n) is 5.87. The van der Waals surface area contributed by atoms with Crippen LogP contribution in [0.25, 0.3) is 0 Å². The van der Waals surface area contributed by atoms with E-state index in [-0.39, 0.29) is 5.91 Å². The first-order chi connectivity index (χ1) is 5.34. The Kier molecular flexibility index (Phi) is 2.44. The zero-order chi connectivity index (χ0) is 8.10. The monoisotopic (exact) mass is 148 g/mol. The summed E-state index contributed by atoms with van der Waals surface area (Å²) in [7, 11) is 0. The van der Waals surface area contributed by atoms with Gasteiger partial charge in [0.1, 0.15) is 0 Å². The van der Waals surface area contributed by atoms with Crippen molar-refractivity contribution in [2.75, 3.05) is 0 Å². The minimum absolute atomic E-state index is 0.297. The van der Waals surface area contributed by atoms with Crippen LogP contribution < -0.4 is 11.3 Å². The highest BCUT2D eigenvalue weighted by Crippen LogP contribution is 1.99. The van der Waals surface area contributed by atoms with E-state index in [1.165, 1.54) is 0 Å². The molecule has 3 nitrogen and oxygen atoms in total. The van der Waals surface area contributed by atoms with Gasteiger partial charge in [-0.05, 0) is 24.3 Å². The van der Waals surface area contributed by atoms with Gasteiger partial charge in [-0.15, -0.1) is 5.73 Å². The molecular formula is C8H8N2O. The lowest BCUT2D eigenvalue weighted by molar-refractivity contribution is -0.117. The van der Waals surface area contributed by atoms with Crippen molar-refractivity contribution in [3.05, 3.63) is 41.7 Å². The number of carbonyl (C=O) groups is 1. The summed E-state index contributed by atoms with van der Waals surface area (Å²) in [4.78, 5) is 10.9. The second kappa shape index (κ2) is 3.56. The van der Waals surface area contributed by atoms with Crippen molar-refractivity contribution in [3.63, 3.8) is 0 Å². The molecule has 0 saturated heterocycles. The molecule has 3 N–H and O–H groups in total. The summed E-state index contributed by atoms with van der Waals surface area (Å²) >= 11 is 0. The molecule has 0 aromatic carbocycles. The molecule has 3 heteroatoms. The molecule has 1 aliphatic rings. The predicted molar refractivity (Wildman–Crippen MR) is 42.2 cm³/mol. The Bertz CT molecular complexity index is 280.